The minimum absolute atomic E-state index is 0.0208. The van der Waals surface area contributed by atoms with Gasteiger partial charge in [0.2, 0.25) is 0 Å². The highest BCUT2D eigenvalue weighted by Crippen LogP contribution is 2.33. The van der Waals surface area contributed by atoms with Crippen molar-refractivity contribution in [3.63, 3.8) is 0 Å². The molecule has 0 bridgehead atoms. The van der Waals surface area contributed by atoms with Crippen molar-refractivity contribution in [3.8, 4) is 0 Å². The highest BCUT2D eigenvalue weighted by Gasteiger charge is 2.29. The second-order valence-corrected chi connectivity index (χ2v) is 7.39. The summed E-state index contributed by atoms with van der Waals surface area (Å²) in [5.74, 6) is -0.644. The first-order chi connectivity index (χ1) is 13.4. The zero-order valence-electron chi connectivity index (χ0n) is 16.0. The van der Waals surface area contributed by atoms with Crippen molar-refractivity contribution in [1.29, 1.82) is 0 Å². The molecule has 2 aromatic carbocycles. The number of carbonyl (C=O) groups excluding carboxylic acids is 1. The zero-order chi connectivity index (χ0) is 20.1. The molecule has 148 valence electrons. The van der Waals surface area contributed by atoms with Gasteiger partial charge in [0.15, 0.2) is 5.78 Å². The van der Waals surface area contributed by atoms with Crippen LogP contribution in [0.5, 0.6) is 0 Å². The molecule has 0 saturated carbocycles. The van der Waals surface area contributed by atoms with Crippen molar-refractivity contribution in [1.82, 2.24) is 4.90 Å². The van der Waals surface area contributed by atoms with E-state index in [4.69, 9.17) is 0 Å². The Labute approximate surface area is 164 Å². The van der Waals surface area contributed by atoms with Crippen molar-refractivity contribution in [2.45, 2.75) is 31.8 Å². The number of benzene rings is 2. The van der Waals surface area contributed by atoms with Crippen LogP contribution in [0.25, 0.3) is 0 Å². The summed E-state index contributed by atoms with van der Waals surface area (Å²) in [6.45, 7) is 4.03. The Morgan fingerprint density at radius 3 is 2.25 bits per heavy atom. The maximum atomic E-state index is 13.1. The Balaban J connectivity index is 1.50. The summed E-state index contributed by atoms with van der Waals surface area (Å²) in [5.41, 5.74) is 1.03. The van der Waals surface area contributed by atoms with Crippen LogP contribution in [0.3, 0.4) is 0 Å². The average Bonchev–Trinajstić information content (AvgIpc) is 2.69. The number of ketones is 1. The molecule has 0 aromatic heterocycles. The van der Waals surface area contributed by atoms with E-state index in [-0.39, 0.29) is 17.4 Å². The standard InChI is InChI=1S/C23H25F2NO2/c1-23(28,18-6-10-21(25)11-7-18)19-12-15-26(16-13-19)14-2-3-22(27)17-4-8-20(24)9-5-17/h4-12,28H,2-3,13-16H2,1H3. The van der Waals surface area contributed by atoms with Crippen molar-refractivity contribution in [2.24, 2.45) is 0 Å². The minimum atomic E-state index is -1.11. The Bertz CT molecular complexity index is 842. The third-order valence-electron chi connectivity index (χ3n) is 5.37. The number of carbonyl (C=O) groups is 1. The Hall–Kier alpha value is -2.37. The van der Waals surface area contributed by atoms with Crippen molar-refractivity contribution in [2.75, 3.05) is 19.6 Å². The molecule has 2 aromatic rings. The third kappa shape index (κ3) is 4.91. The van der Waals surface area contributed by atoms with E-state index in [2.05, 4.69) is 4.90 Å². The molecule has 1 aliphatic heterocycles. The van der Waals surface area contributed by atoms with Gasteiger partial charge in [-0.25, -0.2) is 8.78 Å². The zero-order valence-corrected chi connectivity index (χ0v) is 16.0. The number of hydrogen-bond donors (Lipinski definition) is 1. The van der Waals surface area contributed by atoms with Gasteiger partial charge in [0.05, 0.1) is 0 Å². The van der Waals surface area contributed by atoms with E-state index < -0.39 is 5.60 Å². The topological polar surface area (TPSA) is 40.5 Å². The summed E-state index contributed by atoms with van der Waals surface area (Å²) in [6, 6.07) is 11.6. The Kier molecular flexibility index (Phi) is 6.37. The molecule has 0 aliphatic carbocycles. The van der Waals surface area contributed by atoms with Crippen LogP contribution in [0.15, 0.2) is 60.2 Å². The molecule has 1 heterocycles. The fourth-order valence-electron chi connectivity index (χ4n) is 3.56. The molecule has 3 nitrogen and oxygen atoms in total. The molecule has 0 spiro atoms. The van der Waals surface area contributed by atoms with Gasteiger partial charge in [-0.3, -0.25) is 9.69 Å². The van der Waals surface area contributed by atoms with Gasteiger partial charge in [-0.1, -0.05) is 18.2 Å². The maximum absolute atomic E-state index is 13.1. The highest BCUT2D eigenvalue weighted by molar-refractivity contribution is 5.95. The second kappa shape index (κ2) is 8.76. The number of aliphatic hydroxyl groups is 1. The molecule has 5 heteroatoms. The molecule has 0 saturated heterocycles. The van der Waals surface area contributed by atoms with E-state index in [0.29, 0.717) is 24.1 Å². The number of rotatable bonds is 7. The molecule has 1 aliphatic rings. The molecular formula is C23H25F2NO2. The number of nitrogens with zero attached hydrogens (tertiary/aromatic N) is 1. The van der Waals surface area contributed by atoms with Crippen LogP contribution in [-0.2, 0) is 5.60 Å². The third-order valence-corrected chi connectivity index (χ3v) is 5.37. The predicted octanol–water partition coefficient (Wildman–Crippen LogP) is 4.47. The minimum Gasteiger partial charge on any atom is -0.381 e. The first kappa shape index (κ1) is 20.4. The van der Waals surface area contributed by atoms with Crippen LogP contribution >= 0.6 is 0 Å². The predicted molar refractivity (Wildman–Crippen MR) is 105 cm³/mol. The van der Waals surface area contributed by atoms with Crippen molar-refractivity contribution in [3.05, 3.63) is 82.9 Å². The largest absolute Gasteiger partial charge is 0.381 e. The van der Waals surface area contributed by atoms with Crippen LogP contribution in [0.1, 0.15) is 42.1 Å². The molecule has 1 atom stereocenters. The summed E-state index contributed by atoms with van der Waals surface area (Å²) < 4.78 is 26.1. The molecular weight excluding hydrogens is 360 g/mol. The summed E-state index contributed by atoms with van der Waals surface area (Å²) in [4.78, 5) is 14.4. The lowest BCUT2D eigenvalue weighted by Gasteiger charge is -2.33. The van der Waals surface area contributed by atoms with Gasteiger partial charge < -0.3 is 5.11 Å². The Morgan fingerprint density at radius 1 is 1.07 bits per heavy atom. The molecule has 0 amide bonds. The lowest BCUT2D eigenvalue weighted by Crippen LogP contribution is -2.35. The van der Waals surface area contributed by atoms with Gasteiger partial charge in [-0.15, -0.1) is 0 Å². The smallest absolute Gasteiger partial charge is 0.162 e. The van der Waals surface area contributed by atoms with Gasteiger partial charge in [-0.05, 0) is 73.8 Å². The molecule has 1 N–H and O–H groups in total. The van der Waals surface area contributed by atoms with E-state index in [9.17, 15) is 18.7 Å². The molecule has 0 radical (unpaired) electrons. The molecule has 3 rings (SSSR count). The quantitative estimate of drug-likeness (QED) is 0.565. The highest BCUT2D eigenvalue weighted by atomic mass is 19.1. The maximum Gasteiger partial charge on any atom is 0.162 e. The van der Waals surface area contributed by atoms with Crippen LogP contribution < -0.4 is 0 Å². The van der Waals surface area contributed by atoms with Crippen molar-refractivity contribution < 1.29 is 18.7 Å². The van der Waals surface area contributed by atoms with Crippen LogP contribution in [0.2, 0.25) is 0 Å². The average molecular weight is 385 g/mol. The summed E-state index contributed by atoms with van der Waals surface area (Å²) in [7, 11) is 0. The van der Waals surface area contributed by atoms with E-state index in [1.165, 1.54) is 36.4 Å². The van der Waals surface area contributed by atoms with Gasteiger partial charge >= 0.3 is 0 Å². The van der Waals surface area contributed by atoms with Gasteiger partial charge in [0, 0.05) is 25.1 Å². The number of Topliss-reactive ketones (excluding diaryl/α,β-unsaturated/α-hetero) is 1. The molecule has 1 unspecified atom stereocenters. The van der Waals surface area contributed by atoms with E-state index in [1.807, 2.05) is 6.08 Å². The molecule has 0 fully saturated rings. The van der Waals surface area contributed by atoms with E-state index in [0.717, 1.165) is 31.5 Å². The van der Waals surface area contributed by atoms with Crippen LogP contribution in [-0.4, -0.2) is 35.4 Å². The van der Waals surface area contributed by atoms with Crippen LogP contribution in [0, 0.1) is 11.6 Å². The fraction of sp³-hybridized carbons (Fsp3) is 0.348. The van der Waals surface area contributed by atoms with Gasteiger partial charge in [0.1, 0.15) is 17.2 Å². The first-order valence-corrected chi connectivity index (χ1v) is 9.55. The van der Waals surface area contributed by atoms with Crippen molar-refractivity contribution >= 4 is 5.78 Å². The first-order valence-electron chi connectivity index (χ1n) is 9.55. The molecule has 28 heavy (non-hydrogen) atoms. The fourth-order valence-corrected chi connectivity index (χ4v) is 3.56. The summed E-state index contributed by atoms with van der Waals surface area (Å²) in [5, 5.41) is 10.9. The Morgan fingerprint density at radius 2 is 1.68 bits per heavy atom. The summed E-state index contributed by atoms with van der Waals surface area (Å²) >= 11 is 0. The number of hydrogen-bond acceptors (Lipinski definition) is 3. The van der Waals surface area contributed by atoms with Gasteiger partial charge in [-0.2, -0.15) is 0 Å². The van der Waals surface area contributed by atoms with Crippen LogP contribution in [0.4, 0.5) is 8.78 Å². The van der Waals surface area contributed by atoms with E-state index in [1.54, 1.807) is 19.1 Å². The lowest BCUT2D eigenvalue weighted by molar-refractivity contribution is 0.0871. The van der Waals surface area contributed by atoms with E-state index >= 15 is 0 Å². The normalized spacial score (nSPS) is 17.1. The second-order valence-electron chi connectivity index (χ2n) is 7.39. The summed E-state index contributed by atoms with van der Waals surface area (Å²) in [6.07, 6.45) is 3.89. The monoisotopic (exact) mass is 385 g/mol. The van der Waals surface area contributed by atoms with Gasteiger partial charge in [0.25, 0.3) is 0 Å². The lowest BCUT2D eigenvalue weighted by atomic mass is 9.84. The SMILES string of the molecule is CC(O)(C1=CCN(CCCC(=O)c2ccc(F)cc2)CC1)c1ccc(F)cc1. The number of halogens is 2.